The summed E-state index contributed by atoms with van der Waals surface area (Å²) in [7, 11) is 0. The van der Waals surface area contributed by atoms with Crippen molar-refractivity contribution in [2.75, 3.05) is 5.32 Å². The Labute approximate surface area is 129 Å². The third-order valence-electron chi connectivity index (χ3n) is 3.75. The van der Waals surface area contributed by atoms with Gasteiger partial charge in [-0.15, -0.1) is 0 Å². The average Bonchev–Trinajstić information content (AvgIpc) is 2.71. The minimum Gasteiger partial charge on any atom is -0.338 e. The van der Waals surface area contributed by atoms with Crippen LogP contribution >= 0.6 is 0 Å². The van der Waals surface area contributed by atoms with Crippen molar-refractivity contribution >= 4 is 22.9 Å². The number of anilines is 2. The summed E-state index contributed by atoms with van der Waals surface area (Å²) >= 11 is 0. The molecule has 0 amide bonds. The lowest BCUT2D eigenvalue weighted by Crippen LogP contribution is -2.05. The fourth-order valence-corrected chi connectivity index (χ4v) is 2.68. The molecule has 0 spiro atoms. The van der Waals surface area contributed by atoms with Gasteiger partial charge in [0, 0.05) is 23.0 Å². The van der Waals surface area contributed by atoms with E-state index in [2.05, 4.69) is 47.6 Å². The standard InChI is InChI=1S/C19H15N3/c1-13-9-10-15-17(12-13)22-19-16(8-5-11-20-19)21-18(15)14-6-3-2-4-7-14/h2-12H,1H3,(H,20,22). The Morgan fingerprint density at radius 3 is 2.64 bits per heavy atom. The number of pyridine rings is 1. The van der Waals surface area contributed by atoms with Gasteiger partial charge < -0.3 is 5.32 Å². The van der Waals surface area contributed by atoms with E-state index in [4.69, 9.17) is 4.99 Å². The smallest absolute Gasteiger partial charge is 0.156 e. The lowest BCUT2D eigenvalue weighted by molar-refractivity contribution is 1.29. The first-order valence-electron chi connectivity index (χ1n) is 7.28. The van der Waals surface area contributed by atoms with Gasteiger partial charge in [0.05, 0.1) is 5.71 Å². The number of aliphatic imine (C=N–C) groups is 1. The molecule has 106 valence electrons. The largest absolute Gasteiger partial charge is 0.338 e. The Hall–Kier alpha value is -2.94. The highest BCUT2D eigenvalue weighted by atomic mass is 15.0. The van der Waals surface area contributed by atoms with Crippen molar-refractivity contribution in [3.8, 4) is 0 Å². The van der Waals surface area contributed by atoms with E-state index in [0.29, 0.717) is 0 Å². The molecule has 1 aliphatic heterocycles. The van der Waals surface area contributed by atoms with Crippen LogP contribution in [0.25, 0.3) is 0 Å². The SMILES string of the molecule is Cc1ccc2c(c1)Nc1ncccc1N=C2c1ccccc1. The lowest BCUT2D eigenvalue weighted by Gasteiger charge is -2.11. The number of aromatic nitrogens is 1. The summed E-state index contributed by atoms with van der Waals surface area (Å²) in [6.45, 7) is 2.09. The highest BCUT2D eigenvalue weighted by molar-refractivity contribution is 6.18. The second kappa shape index (κ2) is 5.11. The van der Waals surface area contributed by atoms with Crippen molar-refractivity contribution in [3.05, 3.63) is 83.6 Å². The van der Waals surface area contributed by atoms with Gasteiger partial charge in [-0.3, -0.25) is 0 Å². The molecule has 0 unspecified atom stereocenters. The molecular weight excluding hydrogens is 270 g/mol. The molecule has 0 saturated heterocycles. The van der Waals surface area contributed by atoms with Crippen molar-refractivity contribution in [2.45, 2.75) is 6.92 Å². The summed E-state index contributed by atoms with van der Waals surface area (Å²) in [6, 6.07) is 20.5. The van der Waals surface area contributed by atoms with Crippen molar-refractivity contribution in [3.63, 3.8) is 0 Å². The third kappa shape index (κ3) is 2.17. The molecule has 2 heterocycles. The molecule has 3 heteroatoms. The Morgan fingerprint density at radius 2 is 1.77 bits per heavy atom. The van der Waals surface area contributed by atoms with Crippen LogP contribution in [0.3, 0.4) is 0 Å². The van der Waals surface area contributed by atoms with Crippen LogP contribution in [0, 0.1) is 6.92 Å². The zero-order valence-electron chi connectivity index (χ0n) is 12.2. The van der Waals surface area contributed by atoms with Gasteiger partial charge in [0.2, 0.25) is 0 Å². The van der Waals surface area contributed by atoms with Gasteiger partial charge in [0.15, 0.2) is 5.82 Å². The average molecular weight is 285 g/mol. The molecule has 1 aromatic heterocycles. The van der Waals surface area contributed by atoms with E-state index in [1.165, 1.54) is 5.56 Å². The molecule has 1 aliphatic rings. The van der Waals surface area contributed by atoms with Gasteiger partial charge in [-0.25, -0.2) is 9.98 Å². The molecule has 22 heavy (non-hydrogen) atoms. The van der Waals surface area contributed by atoms with E-state index >= 15 is 0 Å². The maximum Gasteiger partial charge on any atom is 0.156 e. The number of hydrogen-bond donors (Lipinski definition) is 1. The molecule has 0 aliphatic carbocycles. The van der Waals surface area contributed by atoms with Crippen molar-refractivity contribution < 1.29 is 0 Å². The maximum absolute atomic E-state index is 4.87. The quantitative estimate of drug-likeness (QED) is 0.554. The number of nitrogens with zero attached hydrogens (tertiary/aromatic N) is 2. The molecule has 0 saturated carbocycles. The van der Waals surface area contributed by atoms with Crippen LogP contribution in [0.1, 0.15) is 16.7 Å². The summed E-state index contributed by atoms with van der Waals surface area (Å²) < 4.78 is 0. The molecule has 0 radical (unpaired) electrons. The zero-order chi connectivity index (χ0) is 14.9. The van der Waals surface area contributed by atoms with Crippen LogP contribution < -0.4 is 5.32 Å². The summed E-state index contributed by atoms with van der Waals surface area (Å²) in [4.78, 5) is 9.29. The minimum atomic E-state index is 0.792. The molecule has 1 N–H and O–H groups in total. The number of rotatable bonds is 1. The fraction of sp³-hybridized carbons (Fsp3) is 0.0526. The molecule has 3 aromatic rings. The fourth-order valence-electron chi connectivity index (χ4n) is 2.68. The number of aryl methyl sites for hydroxylation is 1. The van der Waals surface area contributed by atoms with Gasteiger partial charge >= 0.3 is 0 Å². The van der Waals surface area contributed by atoms with Crippen LogP contribution in [-0.2, 0) is 0 Å². The number of benzene rings is 2. The van der Waals surface area contributed by atoms with Gasteiger partial charge in [-0.2, -0.15) is 0 Å². The summed E-state index contributed by atoms with van der Waals surface area (Å²) in [5.74, 6) is 0.792. The summed E-state index contributed by atoms with van der Waals surface area (Å²) in [6.07, 6.45) is 1.78. The van der Waals surface area contributed by atoms with E-state index in [-0.39, 0.29) is 0 Å². The topological polar surface area (TPSA) is 37.3 Å². The minimum absolute atomic E-state index is 0.792. The Kier molecular flexibility index (Phi) is 2.97. The third-order valence-corrected chi connectivity index (χ3v) is 3.75. The second-order valence-corrected chi connectivity index (χ2v) is 5.37. The van der Waals surface area contributed by atoms with E-state index in [0.717, 1.165) is 34.0 Å². The highest BCUT2D eigenvalue weighted by Gasteiger charge is 2.18. The summed E-state index contributed by atoms with van der Waals surface area (Å²) in [5.41, 5.74) is 6.27. The van der Waals surface area contributed by atoms with Crippen LogP contribution in [0.2, 0.25) is 0 Å². The van der Waals surface area contributed by atoms with E-state index < -0.39 is 0 Å². The predicted octanol–water partition coefficient (Wildman–Crippen LogP) is 4.62. The molecule has 2 aromatic carbocycles. The van der Waals surface area contributed by atoms with Gasteiger partial charge in [0.25, 0.3) is 0 Å². The van der Waals surface area contributed by atoms with Gasteiger partial charge in [0.1, 0.15) is 5.69 Å². The highest BCUT2D eigenvalue weighted by Crippen LogP contribution is 2.34. The van der Waals surface area contributed by atoms with Crippen LogP contribution in [0.4, 0.5) is 17.2 Å². The molecule has 0 fully saturated rings. The first-order chi connectivity index (χ1) is 10.8. The molecule has 0 atom stereocenters. The molecule has 4 rings (SSSR count). The second-order valence-electron chi connectivity index (χ2n) is 5.37. The molecule has 3 nitrogen and oxygen atoms in total. The van der Waals surface area contributed by atoms with E-state index in [1.807, 2.05) is 30.3 Å². The Bertz CT molecular complexity index is 867. The first-order valence-corrected chi connectivity index (χ1v) is 7.28. The van der Waals surface area contributed by atoms with Crippen LogP contribution in [0.15, 0.2) is 71.9 Å². The van der Waals surface area contributed by atoms with E-state index in [9.17, 15) is 0 Å². The van der Waals surface area contributed by atoms with Crippen LogP contribution in [0.5, 0.6) is 0 Å². The van der Waals surface area contributed by atoms with Crippen molar-refractivity contribution in [1.82, 2.24) is 4.98 Å². The van der Waals surface area contributed by atoms with Gasteiger partial charge in [-0.05, 0) is 30.7 Å². The lowest BCUT2D eigenvalue weighted by atomic mass is 9.99. The number of fused-ring (bicyclic) bond motifs is 2. The Morgan fingerprint density at radius 1 is 0.909 bits per heavy atom. The maximum atomic E-state index is 4.87. The first kappa shape index (κ1) is 12.8. The molecular formula is C19H15N3. The monoisotopic (exact) mass is 285 g/mol. The Balaban J connectivity index is 2.01. The number of nitrogens with one attached hydrogen (secondary N) is 1. The van der Waals surface area contributed by atoms with E-state index in [1.54, 1.807) is 6.20 Å². The normalized spacial score (nSPS) is 12.5. The zero-order valence-corrected chi connectivity index (χ0v) is 12.2. The van der Waals surface area contributed by atoms with Crippen molar-refractivity contribution in [1.29, 1.82) is 0 Å². The van der Waals surface area contributed by atoms with Gasteiger partial charge in [-0.1, -0.05) is 42.5 Å². The predicted molar refractivity (Wildman–Crippen MR) is 90.4 cm³/mol. The van der Waals surface area contributed by atoms with Crippen LogP contribution in [-0.4, -0.2) is 10.7 Å². The number of hydrogen-bond acceptors (Lipinski definition) is 3. The molecule has 0 bridgehead atoms. The summed E-state index contributed by atoms with van der Waals surface area (Å²) in [5, 5.41) is 3.42. The van der Waals surface area contributed by atoms with Crippen molar-refractivity contribution in [2.24, 2.45) is 4.99 Å².